The summed E-state index contributed by atoms with van der Waals surface area (Å²) in [7, 11) is 0. The zero-order valence-electron chi connectivity index (χ0n) is 7.28. The highest BCUT2D eigenvalue weighted by atomic mass is 32.1. The molecule has 0 bridgehead atoms. The van der Waals surface area contributed by atoms with Gasteiger partial charge in [0, 0.05) is 6.61 Å². The van der Waals surface area contributed by atoms with Crippen molar-refractivity contribution in [2.75, 3.05) is 6.61 Å². The maximum atomic E-state index is 5.62. The van der Waals surface area contributed by atoms with E-state index in [0.717, 1.165) is 10.0 Å². The first kappa shape index (κ1) is 9.57. The number of rotatable bonds is 4. The normalized spacial score (nSPS) is 13.2. The summed E-state index contributed by atoms with van der Waals surface area (Å²) < 4.78 is 5.18. The molecule has 12 heavy (non-hydrogen) atoms. The summed E-state index contributed by atoms with van der Waals surface area (Å²) in [5, 5.41) is 9.63. The lowest BCUT2D eigenvalue weighted by Gasteiger charge is -1.95. The standard InChI is InChI=1S/C7H13N3OS/c1-3-11-4-6-9-10-7(12-6)5(2)8/h5H,3-4,8H2,1-2H3. The van der Waals surface area contributed by atoms with Gasteiger partial charge in [0.15, 0.2) is 0 Å². The third kappa shape index (κ3) is 2.51. The zero-order chi connectivity index (χ0) is 8.97. The summed E-state index contributed by atoms with van der Waals surface area (Å²) in [6, 6.07) is -0.0297. The van der Waals surface area contributed by atoms with Gasteiger partial charge < -0.3 is 10.5 Å². The second-order valence-corrected chi connectivity index (χ2v) is 3.55. The molecule has 1 aromatic rings. The Morgan fingerprint density at radius 3 is 2.83 bits per heavy atom. The Morgan fingerprint density at radius 2 is 2.33 bits per heavy atom. The SMILES string of the molecule is CCOCc1nnc(C(C)N)s1. The zero-order valence-corrected chi connectivity index (χ0v) is 8.10. The van der Waals surface area contributed by atoms with Gasteiger partial charge in [-0.2, -0.15) is 0 Å². The van der Waals surface area contributed by atoms with Crippen molar-refractivity contribution in [1.82, 2.24) is 10.2 Å². The van der Waals surface area contributed by atoms with Crippen molar-refractivity contribution in [2.45, 2.75) is 26.5 Å². The highest BCUT2D eigenvalue weighted by molar-refractivity contribution is 7.11. The number of nitrogens with two attached hydrogens (primary N) is 1. The van der Waals surface area contributed by atoms with Crippen LogP contribution in [0.2, 0.25) is 0 Å². The quantitative estimate of drug-likeness (QED) is 0.766. The van der Waals surface area contributed by atoms with Crippen LogP contribution in [0, 0.1) is 0 Å². The van der Waals surface area contributed by atoms with Crippen LogP contribution < -0.4 is 5.73 Å². The highest BCUT2D eigenvalue weighted by Gasteiger charge is 2.06. The summed E-state index contributed by atoms with van der Waals surface area (Å²) in [5.41, 5.74) is 5.62. The average Bonchev–Trinajstić information content (AvgIpc) is 2.48. The van der Waals surface area contributed by atoms with Crippen LogP contribution in [0.4, 0.5) is 0 Å². The van der Waals surface area contributed by atoms with Gasteiger partial charge in [-0.05, 0) is 13.8 Å². The Balaban J connectivity index is 2.52. The molecular weight excluding hydrogens is 174 g/mol. The Morgan fingerprint density at radius 1 is 1.58 bits per heavy atom. The molecular formula is C7H13N3OS. The Kier molecular flexibility index (Phi) is 3.58. The maximum Gasteiger partial charge on any atom is 0.143 e. The van der Waals surface area contributed by atoms with Gasteiger partial charge in [-0.15, -0.1) is 10.2 Å². The van der Waals surface area contributed by atoms with Crippen LogP contribution in [0.5, 0.6) is 0 Å². The van der Waals surface area contributed by atoms with Gasteiger partial charge in [-0.1, -0.05) is 11.3 Å². The second-order valence-electron chi connectivity index (χ2n) is 2.46. The van der Waals surface area contributed by atoms with Crippen molar-refractivity contribution in [3.8, 4) is 0 Å². The smallest absolute Gasteiger partial charge is 0.143 e. The summed E-state index contributed by atoms with van der Waals surface area (Å²) in [4.78, 5) is 0. The van der Waals surface area contributed by atoms with E-state index >= 15 is 0 Å². The topological polar surface area (TPSA) is 61.0 Å². The number of hydrogen-bond acceptors (Lipinski definition) is 5. The molecule has 0 saturated carbocycles. The lowest BCUT2D eigenvalue weighted by molar-refractivity contribution is 0.133. The minimum absolute atomic E-state index is 0.0297. The summed E-state index contributed by atoms with van der Waals surface area (Å²) in [5.74, 6) is 0. The van der Waals surface area contributed by atoms with Crippen molar-refractivity contribution in [2.24, 2.45) is 5.73 Å². The molecule has 0 spiro atoms. The van der Waals surface area contributed by atoms with Crippen LogP contribution in [0.15, 0.2) is 0 Å². The van der Waals surface area contributed by atoms with Crippen molar-refractivity contribution >= 4 is 11.3 Å². The first-order valence-electron chi connectivity index (χ1n) is 3.89. The molecule has 2 N–H and O–H groups in total. The Labute approximate surface area is 75.8 Å². The van der Waals surface area contributed by atoms with Crippen LogP contribution in [-0.2, 0) is 11.3 Å². The fraction of sp³-hybridized carbons (Fsp3) is 0.714. The predicted octanol–water partition coefficient (Wildman–Crippen LogP) is 1.09. The number of hydrogen-bond donors (Lipinski definition) is 1. The van der Waals surface area contributed by atoms with Gasteiger partial charge in [0.05, 0.1) is 6.04 Å². The van der Waals surface area contributed by atoms with E-state index in [9.17, 15) is 0 Å². The molecule has 0 aliphatic rings. The Hall–Kier alpha value is -0.520. The van der Waals surface area contributed by atoms with Crippen LogP contribution in [0.1, 0.15) is 29.9 Å². The third-order valence-corrected chi connectivity index (χ3v) is 2.40. The van der Waals surface area contributed by atoms with Gasteiger partial charge in [0.1, 0.15) is 16.6 Å². The third-order valence-electron chi connectivity index (χ3n) is 1.30. The first-order valence-corrected chi connectivity index (χ1v) is 4.71. The van der Waals surface area contributed by atoms with Gasteiger partial charge >= 0.3 is 0 Å². The Bertz CT molecular complexity index is 236. The summed E-state index contributed by atoms with van der Waals surface area (Å²) in [6.45, 7) is 5.09. The average molecular weight is 187 g/mol. The summed E-state index contributed by atoms with van der Waals surface area (Å²) >= 11 is 1.51. The molecule has 0 saturated heterocycles. The van der Waals surface area contributed by atoms with E-state index in [1.165, 1.54) is 11.3 Å². The fourth-order valence-electron chi connectivity index (χ4n) is 0.698. The molecule has 5 heteroatoms. The van der Waals surface area contributed by atoms with Crippen molar-refractivity contribution in [3.63, 3.8) is 0 Å². The maximum absolute atomic E-state index is 5.62. The molecule has 1 heterocycles. The summed E-state index contributed by atoms with van der Waals surface area (Å²) in [6.07, 6.45) is 0. The van der Waals surface area contributed by atoms with Crippen LogP contribution in [-0.4, -0.2) is 16.8 Å². The molecule has 0 fully saturated rings. The lowest BCUT2D eigenvalue weighted by Crippen LogP contribution is -2.03. The molecule has 1 unspecified atom stereocenters. The van der Waals surface area contributed by atoms with Crippen molar-refractivity contribution < 1.29 is 4.74 Å². The minimum Gasteiger partial charge on any atom is -0.374 e. The van der Waals surface area contributed by atoms with Crippen molar-refractivity contribution in [1.29, 1.82) is 0 Å². The largest absolute Gasteiger partial charge is 0.374 e. The lowest BCUT2D eigenvalue weighted by atomic mass is 10.4. The van der Waals surface area contributed by atoms with Crippen LogP contribution in [0.3, 0.4) is 0 Å². The molecule has 1 aromatic heterocycles. The molecule has 68 valence electrons. The van der Waals surface area contributed by atoms with Crippen LogP contribution in [0.25, 0.3) is 0 Å². The van der Waals surface area contributed by atoms with E-state index in [0.29, 0.717) is 13.2 Å². The van der Waals surface area contributed by atoms with E-state index in [1.54, 1.807) is 0 Å². The van der Waals surface area contributed by atoms with Gasteiger partial charge in [0.2, 0.25) is 0 Å². The van der Waals surface area contributed by atoms with Gasteiger partial charge in [-0.25, -0.2) is 0 Å². The second kappa shape index (κ2) is 4.49. The van der Waals surface area contributed by atoms with Crippen molar-refractivity contribution in [3.05, 3.63) is 10.0 Å². The van der Waals surface area contributed by atoms with E-state index in [-0.39, 0.29) is 6.04 Å². The predicted molar refractivity (Wildman–Crippen MR) is 47.8 cm³/mol. The van der Waals surface area contributed by atoms with E-state index in [4.69, 9.17) is 10.5 Å². The monoisotopic (exact) mass is 187 g/mol. The molecule has 0 amide bonds. The molecule has 0 aromatic carbocycles. The molecule has 4 nitrogen and oxygen atoms in total. The molecule has 0 aliphatic carbocycles. The molecule has 1 rings (SSSR count). The van der Waals surface area contributed by atoms with E-state index in [2.05, 4.69) is 10.2 Å². The minimum atomic E-state index is -0.0297. The molecule has 0 aliphatic heterocycles. The highest BCUT2D eigenvalue weighted by Crippen LogP contribution is 2.15. The van der Waals surface area contributed by atoms with E-state index < -0.39 is 0 Å². The number of aromatic nitrogens is 2. The first-order chi connectivity index (χ1) is 5.74. The van der Waals surface area contributed by atoms with Gasteiger partial charge in [-0.3, -0.25) is 0 Å². The fourth-order valence-corrected chi connectivity index (χ4v) is 1.43. The van der Waals surface area contributed by atoms with E-state index in [1.807, 2.05) is 13.8 Å². The molecule has 0 radical (unpaired) electrons. The van der Waals surface area contributed by atoms with Crippen LogP contribution >= 0.6 is 11.3 Å². The van der Waals surface area contributed by atoms with Gasteiger partial charge in [0.25, 0.3) is 0 Å². The number of nitrogens with zero attached hydrogens (tertiary/aromatic N) is 2. The number of ether oxygens (including phenoxy) is 1. The molecule has 1 atom stereocenters.